The van der Waals surface area contributed by atoms with E-state index in [2.05, 4.69) is 21.2 Å². The monoisotopic (exact) mass is 485 g/mol. The number of barbiturate groups is 1. The van der Waals surface area contributed by atoms with Gasteiger partial charge >= 0.3 is 6.03 Å². The number of halogens is 2. The van der Waals surface area contributed by atoms with Gasteiger partial charge in [-0.15, -0.1) is 0 Å². The molecule has 0 saturated carbocycles. The van der Waals surface area contributed by atoms with Gasteiger partial charge in [-0.05, 0) is 79.8 Å². The number of carbonyl (C=O) groups is 3. The van der Waals surface area contributed by atoms with Gasteiger partial charge in [-0.3, -0.25) is 14.9 Å². The normalized spacial score (nSPS) is 18.2. The molecule has 2 aromatic rings. The molecule has 2 aliphatic heterocycles. The van der Waals surface area contributed by atoms with Crippen LogP contribution in [0.15, 0.2) is 40.4 Å². The molecule has 160 valence electrons. The van der Waals surface area contributed by atoms with Crippen molar-refractivity contribution < 1.29 is 18.8 Å². The van der Waals surface area contributed by atoms with E-state index in [1.807, 2.05) is 4.90 Å². The molecule has 0 unspecified atom stereocenters. The lowest BCUT2D eigenvalue weighted by Crippen LogP contribution is -2.54. The molecule has 0 radical (unpaired) electrons. The van der Waals surface area contributed by atoms with E-state index in [9.17, 15) is 18.8 Å². The van der Waals surface area contributed by atoms with Crippen molar-refractivity contribution in [3.63, 3.8) is 0 Å². The Morgan fingerprint density at radius 2 is 1.71 bits per heavy atom. The van der Waals surface area contributed by atoms with Crippen molar-refractivity contribution in [2.45, 2.75) is 26.7 Å². The summed E-state index contributed by atoms with van der Waals surface area (Å²) in [5.41, 5.74) is 2.51. The number of amides is 4. The van der Waals surface area contributed by atoms with Crippen LogP contribution in [0.3, 0.4) is 0 Å². The minimum absolute atomic E-state index is 0.224. The highest BCUT2D eigenvalue weighted by atomic mass is 79.9. The van der Waals surface area contributed by atoms with Gasteiger partial charge in [0.2, 0.25) is 0 Å². The molecule has 2 aromatic carbocycles. The van der Waals surface area contributed by atoms with Crippen LogP contribution in [0.2, 0.25) is 0 Å². The second kappa shape index (κ2) is 8.26. The number of urea groups is 1. The first-order valence-electron chi connectivity index (χ1n) is 9.99. The maximum absolute atomic E-state index is 14.8. The standard InChI is InChI=1S/C23H21BrFN3O3/c1-13-10-20(27-7-3-4-8-27)18(25)12-15(13)11-17-21(29)26-23(31)28(22(17)30)19-6-5-16(24)9-14(19)2/h5-6,9-12H,3-4,7-8H2,1-2H3,(H,26,29,31). The third-order valence-corrected chi connectivity index (χ3v) is 6.08. The van der Waals surface area contributed by atoms with Crippen molar-refractivity contribution in [1.29, 1.82) is 0 Å². The molecule has 8 heteroatoms. The summed E-state index contributed by atoms with van der Waals surface area (Å²) in [6, 6.07) is 7.36. The zero-order chi connectivity index (χ0) is 22.3. The van der Waals surface area contributed by atoms with Gasteiger partial charge in [-0.25, -0.2) is 14.1 Å². The van der Waals surface area contributed by atoms with Gasteiger partial charge in [-0.1, -0.05) is 15.9 Å². The summed E-state index contributed by atoms with van der Waals surface area (Å²) < 4.78 is 15.6. The minimum atomic E-state index is -0.815. The van der Waals surface area contributed by atoms with Crippen molar-refractivity contribution >= 4 is 51.2 Å². The third-order valence-electron chi connectivity index (χ3n) is 5.58. The number of aryl methyl sites for hydroxylation is 2. The number of nitrogens with zero attached hydrogens (tertiary/aromatic N) is 2. The number of hydrogen-bond acceptors (Lipinski definition) is 4. The first-order chi connectivity index (χ1) is 14.8. The lowest BCUT2D eigenvalue weighted by Gasteiger charge is -2.27. The molecule has 0 atom stereocenters. The van der Waals surface area contributed by atoms with Crippen molar-refractivity contribution in [2.75, 3.05) is 22.9 Å². The Bertz CT molecular complexity index is 1140. The molecule has 6 nitrogen and oxygen atoms in total. The van der Waals surface area contributed by atoms with Crippen LogP contribution in [0.1, 0.15) is 29.5 Å². The maximum Gasteiger partial charge on any atom is 0.335 e. The van der Waals surface area contributed by atoms with Crippen LogP contribution < -0.4 is 15.1 Å². The number of anilines is 2. The molecule has 2 saturated heterocycles. The lowest BCUT2D eigenvalue weighted by atomic mass is 10.0. The molecular formula is C23H21BrFN3O3. The number of hydrogen-bond donors (Lipinski definition) is 1. The molecule has 4 rings (SSSR count). The Morgan fingerprint density at radius 3 is 2.39 bits per heavy atom. The highest BCUT2D eigenvalue weighted by Crippen LogP contribution is 2.30. The van der Waals surface area contributed by atoms with Crippen LogP contribution in [0.25, 0.3) is 6.08 Å². The zero-order valence-electron chi connectivity index (χ0n) is 17.2. The summed E-state index contributed by atoms with van der Waals surface area (Å²) >= 11 is 3.35. The van der Waals surface area contributed by atoms with Crippen molar-refractivity contribution in [2.24, 2.45) is 0 Å². The molecular weight excluding hydrogens is 465 g/mol. The maximum atomic E-state index is 14.8. The number of carbonyl (C=O) groups excluding carboxylic acids is 3. The van der Waals surface area contributed by atoms with Crippen LogP contribution >= 0.6 is 15.9 Å². The Morgan fingerprint density at radius 1 is 1.00 bits per heavy atom. The van der Waals surface area contributed by atoms with Gasteiger partial charge in [0.05, 0.1) is 11.4 Å². The number of imide groups is 2. The fourth-order valence-corrected chi connectivity index (χ4v) is 4.41. The minimum Gasteiger partial charge on any atom is -0.369 e. The quantitative estimate of drug-likeness (QED) is 0.514. The number of rotatable bonds is 3. The summed E-state index contributed by atoms with van der Waals surface area (Å²) in [5, 5.41) is 2.21. The van der Waals surface area contributed by atoms with Gasteiger partial charge in [-0.2, -0.15) is 0 Å². The van der Waals surface area contributed by atoms with E-state index in [-0.39, 0.29) is 5.57 Å². The van der Waals surface area contributed by atoms with Crippen LogP contribution in [0.5, 0.6) is 0 Å². The summed E-state index contributed by atoms with van der Waals surface area (Å²) in [6.07, 6.45) is 3.40. The number of benzene rings is 2. The number of nitrogens with one attached hydrogen (secondary N) is 1. The molecule has 0 aliphatic carbocycles. The molecule has 2 aliphatic rings. The molecule has 0 bridgehead atoms. The van der Waals surface area contributed by atoms with Crippen molar-refractivity contribution in [1.82, 2.24) is 5.32 Å². The Labute approximate surface area is 187 Å². The van der Waals surface area contributed by atoms with E-state index in [1.54, 1.807) is 38.1 Å². The van der Waals surface area contributed by atoms with Crippen LogP contribution in [0, 0.1) is 19.7 Å². The third kappa shape index (κ3) is 3.99. The van der Waals surface area contributed by atoms with E-state index < -0.39 is 23.7 Å². The van der Waals surface area contributed by atoms with E-state index >= 15 is 0 Å². The summed E-state index contributed by atoms with van der Waals surface area (Å²) in [6.45, 7) is 5.18. The molecule has 2 heterocycles. The Kier molecular flexibility index (Phi) is 5.66. The largest absolute Gasteiger partial charge is 0.369 e. The predicted octanol–water partition coefficient (Wildman–Crippen LogP) is 4.47. The summed E-state index contributed by atoms with van der Waals surface area (Å²) in [7, 11) is 0. The molecule has 1 N–H and O–H groups in total. The SMILES string of the molecule is Cc1cc(N2CCCC2)c(F)cc1C=C1C(=O)NC(=O)N(c2ccc(Br)cc2C)C1=O. The average Bonchev–Trinajstić information content (AvgIpc) is 3.23. The Hall–Kier alpha value is -3.00. The second-order valence-electron chi connectivity index (χ2n) is 7.74. The van der Waals surface area contributed by atoms with Gasteiger partial charge in [0.15, 0.2) is 0 Å². The molecule has 0 aromatic heterocycles. The van der Waals surface area contributed by atoms with Crippen LogP contribution in [-0.4, -0.2) is 30.9 Å². The van der Waals surface area contributed by atoms with E-state index in [4.69, 9.17) is 0 Å². The fourth-order valence-electron chi connectivity index (χ4n) is 3.94. The van der Waals surface area contributed by atoms with Crippen molar-refractivity contribution in [3.8, 4) is 0 Å². The fraction of sp³-hybridized carbons (Fsp3) is 0.261. The predicted molar refractivity (Wildman–Crippen MR) is 120 cm³/mol. The molecule has 2 fully saturated rings. The zero-order valence-corrected chi connectivity index (χ0v) is 18.8. The van der Waals surface area contributed by atoms with Crippen LogP contribution in [-0.2, 0) is 9.59 Å². The van der Waals surface area contributed by atoms with Gasteiger partial charge < -0.3 is 4.90 Å². The van der Waals surface area contributed by atoms with Gasteiger partial charge in [0, 0.05) is 17.6 Å². The van der Waals surface area contributed by atoms with Crippen molar-refractivity contribution in [3.05, 3.63) is 62.9 Å². The van der Waals surface area contributed by atoms with E-state index in [1.165, 1.54) is 12.1 Å². The first-order valence-corrected chi connectivity index (χ1v) is 10.8. The molecule has 31 heavy (non-hydrogen) atoms. The lowest BCUT2D eigenvalue weighted by molar-refractivity contribution is -0.122. The topological polar surface area (TPSA) is 69.7 Å². The van der Waals surface area contributed by atoms with E-state index in [0.29, 0.717) is 22.5 Å². The van der Waals surface area contributed by atoms with Gasteiger partial charge in [0.1, 0.15) is 11.4 Å². The first kappa shape index (κ1) is 21.2. The molecule has 4 amide bonds. The molecule has 0 spiro atoms. The smallest absolute Gasteiger partial charge is 0.335 e. The van der Waals surface area contributed by atoms with Gasteiger partial charge in [0.25, 0.3) is 11.8 Å². The summed E-state index contributed by atoms with van der Waals surface area (Å²) in [5.74, 6) is -1.95. The second-order valence-corrected chi connectivity index (χ2v) is 8.66. The summed E-state index contributed by atoms with van der Waals surface area (Å²) in [4.78, 5) is 40.9. The highest BCUT2D eigenvalue weighted by molar-refractivity contribution is 9.10. The van der Waals surface area contributed by atoms with E-state index in [0.717, 1.165) is 40.9 Å². The Balaban J connectivity index is 1.72. The van der Waals surface area contributed by atoms with Crippen LogP contribution in [0.4, 0.5) is 20.6 Å². The average molecular weight is 486 g/mol. The highest BCUT2D eigenvalue weighted by Gasteiger charge is 2.37.